The second-order valence-corrected chi connectivity index (χ2v) is 7.58. The smallest absolute Gasteiger partial charge is 0.261 e. The molecule has 5 nitrogen and oxygen atoms in total. The van der Waals surface area contributed by atoms with Crippen LogP contribution in [0.2, 0.25) is 0 Å². The summed E-state index contributed by atoms with van der Waals surface area (Å²) in [4.78, 5) is 15.9. The maximum atomic E-state index is 13.5. The Bertz CT molecular complexity index is 516. The SMILES string of the molecule is CC(C#N)(CC(C)(C)N1CCC(F)(F)C1)C(=O)N1CC[C@@H]1CO. The van der Waals surface area contributed by atoms with Crippen LogP contribution in [0, 0.1) is 16.7 Å². The molecular weight excluding hydrogens is 304 g/mol. The van der Waals surface area contributed by atoms with Crippen LogP contribution in [0.3, 0.4) is 0 Å². The molecule has 0 aromatic carbocycles. The zero-order valence-electron chi connectivity index (χ0n) is 14.0. The first kappa shape index (κ1) is 18.1. The quantitative estimate of drug-likeness (QED) is 0.832. The number of aliphatic hydroxyl groups is 1. The van der Waals surface area contributed by atoms with Crippen LogP contribution in [-0.4, -0.2) is 64.6 Å². The van der Waals surface area contributed by atoms with Gasteiger partial charge in [-0.2, -0.15) is 5.26 Å². The van der Waals surface area contributed by atoms with Crippen LogP contribution in [0.4, 0.5) is 8.78 Å². The molecule has 2 saturated heterocycles. The van der Waals surface area contributed by atoms with E-state index in [9.17, 15) is 23.9 Å². The Kier molecular flexibility index (Phi) is 4.71. The fraction of sp³-hybridized carbons (Fsp3) is 0.875. The van der Waals surface area contributed by atoms with Gasteiger partial charge in [0, 0.05) is 25.0 Å². The topological polar surface area (TPSA) is 67.6 Å². The fourth-order valence-electron chi connectivity index (χ4n) is 3.61. The summed E-state index contributed by atoms with van der Waals surface area (Å²) in [5.74, 6) is -3.02. The average Bonchev–Trinajstić information content (AvgIpc) is 2.78. The Labute approximate surface area is 135 Å². The number of nitriles is 1. The van der Waals surface area contributed by atoms with Crippen LogP contribution in [0.5, 0.6) is 0 Å². The number of hydrogen-bond acceptors (Lipinski definition) is 4. The zero-order chi connectivity index (χ0) is 17.5. The van der Waals surface area contributed by atoms with E-state index >= 15 is 0 Å². The van der Waals surface area contributed by atoms with Gasteiger partial charge in [0.1, 0.15) is 5.41 Å². The van der Waals surface area contributed by atoms with Crippen molar-refractivity contribution in [3.8, 4) is 6.07 Å². The summed E-state index contributed by atoms with van der Waals surface area (Å²) in [5, 5.41) is 18.8. The van der Waals surface area contributed by atoms with E-state index in [0.717, 1.165) is 6.42 Å². The molecule has 0 spiro atoms. The van der Waals surface area contributed by atoms with Gasteiger partial charge in [0.2, 0.25) is 5.91 Å². The Balaban J connectivity index is 2.11. The van der Waals surface area contributed by atoms with Gasteiger partial charge in [-0.05, 0) is 33.6 Å². The van der Waals surface area contributed by atoms with Crippen molar-refractivity contribution in [2.24, 2.45) is 5.41 Å². The van der Waals surface area contributed by atoms with Crippen molar-refractivity contribution in [1.29, 1.82) is 5.26 Å². The van der Waals surface area contributed by atoms with Crippen molar-refractivity contribution in [3.05, 3.63) is 0 Å². The molecule has 1 N–H and O–H groups in total. The van der Waals surface area contributed by atoms with Crippen LogP contribution >= 0.6 is 0 Å². The lowest BCUT2D eigenvalue weighted by Crippen LogP contribution is -2.58. The minimum atomic E-state index is -2.70. The van der Waals surface area contributed by atoms with E-state index < -0.39 is 16.9 Å². The predicted octanol–water partition coefficient (Wildman–Crippen LogP) is 1.62. The molecule has 1 unspecified atom stereocenters. The van der Waals surface area contributed by atoms with Crippen molar-refractivity contribution in [2.45, 2.75) is 57.5 Å². The summed E-state index contributed by atoms with van der Waals surface area (Å²) >= 11 is 0. The fourth-order valence-corrected chi connectivity index (χ4v) is 3.61. The second-order valence-electron chi connectivity index (χ2n) is 7.58. The molecule has 2 rings (SSSR count). The first-order chi connectivity index (χ1) is 10.5. The number of aliphatic hydroxyl groups excluding tert-OH is 1. The van der Waals surface area contributed by atoms with Crippen LogP contribution in [-0.2, 0) is 4.79 Å². The summed E-state index contributed by atoms with van der Waals surface area (Å²) in [5.41, 5.74) is -1.96. The predicted molar refractivity (Wildman–Crippen MR) is 80.8 cm³/mol. The van der Waals surface area contributed by atoms with Gasteiger partial charge >= 0.3 is 0 Å². The number of amides is 1. The third-order valence-corrected chi connectivity index (χ3v) is 5.15. The summed E-state index contributed by atoms with van der Waals surface area (Å²) in [6.45, 7) is 5.52. The highest BCUT2D eigenvalue weighted by Gasteiger charge is 2.50. The number of halogens is 2. The highest BCUT2D eigenvalue weighted by Crippen LogP contribution is 2.39. The molecule has 2 heterocycles. The molecule has 0 aromatic rings. The van der Waals surface area contributed by atoms with E-state index in [4.69, 9.17) is 0 Å². The Hall–Kier alpha value is -1.26. The number of carbonyl (C=O) groups is 1. The maximum Gasteiger partial charge on any atom is 0.261 e. The number of alkyl halides is 2. The average molecular weight is 329 g/mol. The van der Waals surface area contributed by atoms with Crippen molar-refractivity contribution in [3.63, 3.8) is 0 Å². The molecule has 2 aliphatic rings. The van der Waals surface area contributed by atoms with Crippen LogP contribution < -0.4 is 0 Å². The minimum absolute atomic E-state index is 0.116. The van der Waals surface area contributed by atoms with E-state index in [1.807, 2.05) is 0 Å². The Morgan fingerprint density at radius 1 is 1.39 bits per heavy atom. The molecular formula is C16H25F2N3O2. The van der Waals surface area contributed by atoms with Crippen molar-refractivity contribution < 1.29 is 18.7 Å². The van der Waals surface area contributed by atoms with Gasteiger partial charge in [-0.15, -0.1) is 0 Å². The molecule has 2 atom stereocenters. The molecule has 0 radical (unpaired) electrons. The molecule has 23 heavy (non-hydrogen) atoms. The van der Waals surface area contributed by atoms with Gasteiger partial charge in [0.25, 0.3) is 5.92 Å². The standard InChI is InChI=1S/C16H25F2N3O2/c1-14(2,20-7-5-16(17,18)11-20)9-15(3,10-19)13(23)21-6-4-12(21)8-22/h12,22H,4-9,11H2,1-3H3/t12-,15?/m1/s1. The molecule has 7 heteroatoms. The second kappa shape index (κ2) is 5.99. The third kappa shape index (κ3) is 3.48. The van der Waals surface area contributed by atoms with E-state index in [2.05, 4.69) is 6.07 Å². The number of likely N-dealkylation sites (tertiary alicyclic amines) is 2. The number of hydrogen-bond donors (Lipinski definition) is 1. The van der Waals surface area contributed by atoms with Crippen LogP contribution in [0.1, 0.15) is 40.0 Å². The summed E-state index contributed by atoms with van der Waals surface area (Å²) in [7, 11) is 0. The zero-order valence-corrected chi connectivity index (χ0v) is 14.0. The Morgan fingerprint density at radius 3 is 2.43 bits per heavy atom. The van der Waals surface area contributed by atoms with Crippen molar-refractivity contribution in [1.82, 2.24) is 9.80 Å². The minimum Gasteiger partial charge on any atom is -0.394 e. The summed E-state index contributed by atoms with van der Waals surface area (Å²) in [6, 6.07) is 1.86. The first-order valence-electron chi connectivity index (χ1n) is 8.01. The highest BCUT2D eigenvalue weighted by molar-refractivity contribution is 5.86. The van der Waals surface area contributed by atoms with Gasteiger partial charge in [-0.3, -0.25) is 9.69 Å². The van der Waals surface area contributed by atoms with Gasteiger partial charge in [0.15, 0.2) is 0 Å². The molecule has 0 aliphatic carbocycles. The number of nitrogens with zero attached hydrogens (tertiary/aromatic N) is 3. The van der Waals surface area contributed by atoms with Crippen LogP contribution in [0.15, 0.2) is 0 Å². The first-order valence-corrected chi connectivity index (χ1v) is 8.01. The van der Waals surface area contributed by atoms with E-state index in [1.165, 1.54) is 4.90 Å². The monoisotopic (exact) mass is 329 g/mol. The normalized spacial score (nSPS) is 27.2. The lowest BCUT2D eigenvalue weighted by molar-refractivity contribution is -0.149. The van der Waals surface area contributed by atoms with Gasteiger partial charge in [-0.1, -0.05) is 0 Å². The molecule has 2 aliphatic heterocycles. The van der Waals surface area contributed by atoms with Gasteiger partial charge in [0.05, 0.1) is 25.3 Å². The molecule has 2 fully saturated rings. The van der Waals surface area contributed by atoms with E-state index in [-0.39, 0.29) is 44.5 Å². The van der Waals surface area contributed by atoms with E-state index in [0.29, 0.717) is 6.54 Å². The van der Waals surface area contributed by atoms with Crippen LogP contribution in [0.25, 0.3) is 0 Å². The summed E-state index contributed by atoms with van der Waals surface area (Å²) in [6.07, 6.45) is 0.720. The number of carbonyl (C=O) groups excluding carboxylic acids is 1. The lowest BCUT2D eigenvalue weighted by Gasteiger charge is -2.45. The largest absolute Gasteiger partial charge is 0.394 e. The van der Waals surface area contributed by atoms with E-state index in [1.54, 1.807) is 25.7 Å². The highest BCUT2D eigenvalue weighted by atomic mass is 19.3. The van der Waals surface area contributed by atoms with Gasteiger partial charge in [-0.25, -0.2) is 8.78 Å². The lowest BCUT2D eigenvalue weighted by atomic mass is 9.76. The Morgan fingerprint density at radius 2 is 2.04 bits per heavy atom. The number of rotatable bonds is 5. The van der Waals surface area contributed by atoms with Crippen molar-refractivity contribution in [2.75, 3.05) is 26.2 Å². The molecule has 130 valence electrons. The molecule has 0 aromatic heterocycles. The van der Waals surface area contributed by atoms with Crippen molar-refractivity contribution >= 4 is 5.91 Å². The van der Waals surface area contributed by atoms with Gasteiger partial charge < -0.3 is 10.0 Å². The molecule has 0 saturated carbocycles. The maximum absolute atomic E-state index is 13.5. The molecule has 0 bridgehead atoms. The summed E-state index contributed by atoms with van der Waals surface area (Å²) < 4.78 is 27.0. The third-order valence-electron chi connectivity index (χ3n) is 5.15. The molecule has 1 amide bonds.